The number of aryl methyl sites for hydroxylation is 2. The zero-order chi connectivity index (χ0) is 13.3. The maximum atomic E-state index is 10.9. The number of nitrogens with one attached hydrogen (secondary N) is 1. The van der Waals surface area contributed by atoms with Crippen molar-refractivity contribution in [1.29, 1.82) is 5.26 Å². The highest BCUT2D eigenvalue weighted by Gasteiger charge is 2.40. The van der Waals surface area contributed by atoms with E-state index in [9.17, 15) is 4.79 Å². The molecular formula is C12H16N4O2. The quantitative estimate of drug-likeness (QED) is 0.840. The van der Waals surface area contributed by atoms with Gasteiger partial charge in [-0.05, 0) is 26.2 Å². The molecule has 0 aromatic carbocycles. The van der Waals surface area contributed by atoms with Gasteiger partial charge in [0.2, 0.25) is 0 Å². The van der Waals surface area contributed by atoms with Gasteiger partial charge in [-0.15, -0.1) is 0 Å². The van der Waals surface area contributed by atoms with E-state index in [1.54, 1.807) is 18.7 Å². The number of rotatable bonds is 4. The first-order chi connectivity index (χ1) is 8.47. The van der Waals surface area contributed by atoms with Crippen LogP contribution >= 0.6 is 0 Å². The fraction of sp³-hybridized carbons (Fsp3) is 0.583. The summed E-state index contributed by atoms with van der Waals surface area (Å²) < 4.78 is 1.61. The summed E-state index contributed by atoms with van der Waals surface area (Å²) >= 11 is 0. The van der Waals surface area contributed by atoms with Crippen LogP contribution in [0, 0.1) is 18.3 Å². The number of aliphatic carboxylic acids is 1. The first kappa shape index (κ1) is 12.4. The van der Waals surface area contributed by atoms with Gasteiger partial charge in [-0.1, -0.05) is 0 Å². The number of nitrogens with zero attached hydrogens (tertiary/aromatic N) is 3. The van der Waals surface area contributed by atoms with Crippen molar-refractivity contribution in [1.82, 2.24) is 9.78 Å². The molecule has 96 valence electrons. The van der Waals surface area contributed by atoms with Crippen molar-refractivity contribution in [3.63, 3.8) is 0 Å². The van der Waals surface area contributed by atoms with Gasteiger partial charge in [-0.25, -0.2) is 0 Å². The predicted molar refractivity (Wildman–Crippen MR) is 65.1 cm³/mol. The van der Waals surface area contributed by atoms with Crippen LogP contribution < -0.4 is 5.32 Å². The number of carbonyl (C=O) groups is 1. The first-order valence-corrected chi connectivity index (χ1v) is 5.91. The van der Waals surface area contributed by atoms with E-state index in [0.717, 1.165) is 19.3 Å². The molecule has 6 heteroatoms. The van der Waals surface area contributed by atoms with Crippen LogP contribution in [-0.4, -0.2) is 26.4 Å². The van der Waals surface area contributed by atoms with Crippen molar-refractivity contribution in [2.45, 2.75) is 38.1 Å². The van der Waals surface area contributed by atoms with Crippen LogP contribution in [0.2, 0.25) is 0 Å². The highest BCUT2D eigenvalue weighted by Crippen LogP contribution is 2.39. The van der Waals surface area contributed by atoms with Crippen LogP contribution in [0.15, 0.2) is 0 Å². The van der Waals surface area contributed by atoms with Crippen LogP contribution in [0.3, 0.4) is 0 Å². The van der Waals surface area contributed by atoms with Gasteiger partial charge in [0.1, 0.15) is 17.5 Å². The second-order valence-electron chi connectivity index (χ2n) is 4.87. The first-order valence-electron chi connectivity index (χ1n) is 5.91. The smallest absolute Gasteiger partial charge is 0.305 e. The Morgan fingerprint density at radius 1 is 1.67 bits per heavy atom. The van der Waals surface area contributed by atoms with Gasteiger partial charge >= 0.3 is 5.97 Å². The number of hydrogen-bond acceptors (Lipinski definition) is 4. The molecule has 6 nitrogen and oxygen atoms in total. The third-order valence-corrected chi connectivity index (χ3v) is 3.52. The Balaban J connectivity index is 2.28. The van der Waals surface area contributed by atoms with Gasteiger partial charge in [0.15, 0.2) is 0 Å². The van der Waals surface area contributed by atoms with E-state index in [4.69, 9.17) is 10.4 Å². The largest absolute Gasteiger partial charge is 0.481 e. The normalized spacial score (nSPS) is 16.7. The molecule has 2 rings (SSSR count). The second-order valence-corrected chi connectivity index (χ2v) is 4.87. The lowest BCUT2D eigenvalue weighted by molar-refractivity contribution is -0.138. The van der Waals surface area contributed by atoms with Crippen molar-refractivity contribution in [2.24, 2.45) is 7.05 Å². The summed E-state index contributed by atoms with van der Waals surface area (Å²) in [4.78, 5) is 10.9. The van der Waals surface area contributed by atoms with Gasteiger partial charge < -0.3 is 10.4 Å². The summed E-state index contributed by atoms with van der Waals surface area (Å²) in [5.74, 6) is -0.199. The highest BCUT2D eigenvalue weighted by atomic mass is 16.4. The monoisotopic (exact) mass is 248 g/mol. The zero-order valence-corrected chi connectivity index (χ0v) is 10.5. The molecule has 1 aromatic heterocycles. The van der Waals surface area contributed by atoms with E-state index in [1.807, 2.05) is 0 Å². The van der Waals surface area contributed by atoms with Crippen molar-refractivity contribution >= 4 is 11.8 Å². The van der Waals surface area contributed by atoms with Crippen molar-refractivity contribution in [3.8, 4) is 6.07 Å². The van der Waals surface area contributed by atoms with Crippen LogP contribution in [0.1, 0.15) is 36.9 Å². The molecule has 1 saturated carbocycles. The Morgan fingerprint density at radius 2 is 2.33 bits per heavy atom. The molecular weight excluding hydrogens is 232 g/mol. The van der Waals surface area contributed by atoms with Gasteiger partial charge in [0.25, 0.3) is 0 Å². The summed E-state index contributed by atoms with van der Waals surface area (Å²) in [6, 6.07) is 2.12. The number of anilines is 1. The molecule has 0 spiro atoms. The molecule has 1 aliphatic carbocycles. The van der Waals surface area contributed by atoms with Gasteiger partial charge in [0.05, 0.1) is 12.1 Å². The van der Waals surface area contributed by atoms with Gasteiger partial charge in [0, 0.05) is 12.6 Å². The Hall–Kier alpha value is -2.03. The number of aromatic nitrogens is 2. The average molecular weight is 248 g/mol. The van der Waals surface area contributed by atoms with Crippen molar-refractivity contribution < 1.29 is 9.90 Å². The second kappa shape index (κ2) is 4.33. The molecule has 1 aliphatic rings. The van der Waals surface area contributed by atoms with E-state index in [1.165, 1.54) is 0 Å². The minimum Gasteiger partial charge on any atom is -0.481 e. The highest BCUT2D eigenvalue weighted by molar-refractivity contribution is 5.70. The zero-order valence-electron chi connectivity index (χ0n) is 10.5. The SMILES string of the molecule is Cc1nn(C)c(NC2(CC(=O)O)CCC2)c1C#N. The van der Waals surface area contributed by atoms with Crippen LogP contribution in [0.5, 0.6) is 0 Å². The van der Waals surface area contributed by atoms with Crippen LogP contribution in [0.25, 0.3) is 0 Å². The van der Waals surface area contributed by atoms with Crippen LogP contribution in [-0.2, 0) is 11.8 Å². The lowest BCUT2D eigenvalue weighted by atomic mass is 9.74. The predicted octanol–water partition coefficient (Wildman–Crippen LogP) is 1.41. The van der Waals surface area contributed by atoms with E-state index in [-0.39, 0.29) is 6.42 Å². The maximum absolute atomic E-state index is 10.9. The molecule has 1 fully saturated rings. The molecule has 18 heavy (non-hydrogen) atoms. The maximum Gasteiger partial charge on any atom is 0.305 e. The third-order valence-electron chi connectivity index (χ3n) is 3.52. The molecule has 0 unspecified atom stereocenters. The molecule has 0 radical (unpaired) electrons. The van der Waals surface area contributed by atoms with Gasteiger partial charge in [-0.3, -0.25) is 9.48 Å². The number of carboxylic acids is 1. The molecule has 0 aliphatic heterocycles. The molecule has 0 bridgehead atoms. The minimum absolute atomic E-state index is 0.0715. The van der Waals surface area contributed by atoms with E-state index in [0.29, 0.717) is 17.1 Å². The molecule has 1 heterocycles. The summed E-state index contributed by atoms with van der Waals surface area (Å²) in [6.07, 6.45) is 2.71. The Kier molecular flexibility index (Phi) is 2.99. The lowest BCUT2D eigenvalue weighted by Gasteiger charge is -2.42. The molecule has 1 aromatic rings. The van der Waals surface area contributed by atoms with E-state index in [2.05, 4.69) is 16.5 Å². The summed E-state index contributed by atoms with van der Waals surface area (Å²) in [5, 5.41) is 25.5. The number of nitriles is 1. The fourth-order valence-corrected chi connectivity index (χ4v) is 2.43. The minimum atomic E-state index is -0.820. The lowest BCUT2D eigenvalue weighted by Crippen LogP contribution is -2.47. The van der Waals surface area contributed by atoms with Crippen molar-refractivity contribution in [3.05, 3.63) is 11.3 Å². The Morgan fingerprint density at radius 3 is 2.78 bits per heavy atom. The number of carboxylic acid groups (broad SMARTS) is 1. The van der Waals surface area contributed by atoms with Gasteiger partial charge in [-0.2, -0.15) is 10.4 Å². The Bertz CT molecular complexity index is 523. The average Bonchev–Trinajstić information content (AvgIpc) is 2.49. The Labute approximate surface area is 105 Å². The topological polar surface area (TPSA) is 90.9 Å². The molecule has 0 saturated heterocycles. The third kappa shape index (κ3) is 2.04. The molecule has 0 amide bonds. The van der Waals surface area contributed by atoms with Crippen molar-refractivity contribution in [2.75, 3.05) is 5.32 Å². The summed E-state index contributed by atoms with van der Waals surface area (Å²) in [7, 11) is 1.75. The molecule has 0 atom stereocenters. The summed E-state index contributed by atoms with van der Waals surface area (Å²) in [6.45, 7) is 1.77. The van der Waals surface area contributed by atoms with Crippen LogP contribution in [0.4, 0.5) is 5.82 Å². The number of hydrogen-bond donors (Lipinski definition) is 2. The fourth-order valence-electron chi connectivity index (χ4n) is 2.43. The standard InChI is InChI=1S/C12H16N4O2/c1-8-9(7-13)11(16(2)15-8)14-12(4-3-5-12)6-10(17)18/h14H,3-6H2,1-2H3,(H,17,18). The van der Waals surface area contributed by atoms with E-state index < -0.39 is 11.5 Å². The molecule has 2 N–H and O–H groups in total. The summed E-state index contributed by atoms with van der Waals surface area (Å²) in [5.41, 5.74) is 0.735. The van der Waals surface area contributed by atoms with E-state index >= 15 is 0 Å².